The normalized spacial score (nSPS) is 20.1. The molecular weight excluding hydrogens is 262 g/mol. The number of fused-ring (bicyclic) bond motifs is 1. The standard InChI is InChI=1S/C17H25N3O/c21-13-15-5-1-2-10-20(15)11-9-18-12-14-4-3-6-17-16(14)7-8-19-17/h3-4,6-8,15,18-19,21H,1-2,5,9-13H2. The van der Waals surface area contributed by atoms with E-state index in [9.17, 15) is 5.11 Å². The maximum absolute atomic E-state index is 9.43. The first kappa shape index (κ1) is 14.6. The number of likely N-dealkylation sites (tertiary alicyclic amines) is 1. The van der Waals surface area contributed by atoms with Gasteiger partial charge in [-0.15, -0.1) is 0 Å². The van der Waals surface area contributed by atoms with Crippen LogP contribution in [0.15, 0.2) is 30.5 Å². The third kappa shape index (κ3) is 3.46. The highest BCUT2D eigenvalue weighted by Gasteiger charge is 2.20. The van der Waals surface area contributed by atoms with Crippen molar-refractivity contribution in [3.05, 3.63) is 36.0 Å². The average molecular weight is 287 g/mol. The van der Waals surface area contributed by atoms with E-state index in [2.05, 4.69) is 39.5 Å². The number of aromatic nitrogens is 1. The lowest BCUT2D eigenvalue weighted by molar-refractivity contribution is 0.0910. The summed E-state index contributed by atoms with van der Waals surface area (Å²) in [5, 5.41) is 14.3. The molecule has 3 rings (SSSR count). The molecule has 0 spiro atoms. The molecule has 1 aliphatic rings. The minimum atomic E-state index is 0.294. The summed E-state index contributed by atoms with van der Waals surface area (Å²) in [4.78, 5) is 5.68. The van der Waals surface area contributed by atoms with Crippen molar-refractivity contribution in [1.82, 2.24) is 15.2 Å². The number of nitrogens with zero attached hydrogens (tertiary/aromatic N) is 1. The molecule has 4 heteroatoms. The predicted octanol–water partition coefficient (Wildman–Crippen LogP) is 2.10. The van der Waals surface area contributed by atoms with Crippen molar-refractivity contribution in [1.29, 1.82) is 0 Å². The van der Waals surface area contributed by atoms with Crippen LogP contribution in [0.5, 0.6) is 0 Å². The van der Waals surface area contributed by atoms with Crippen LogP contribution in [0.3, 0.4) is 0 Å². The summed E-state index contributed by atoms with van der Waals surface area (Å²) >= 11 is 0. The highest BCUT2D eigenvalue weighted by Crippen LogP contribution is 2.17. The largest absolute Gasteiger partial charge is 0.395 e. The van der Waals surface area contributed by atoms with Crippen LogP contribution in [0.25, 0.3) is 10.9 Å². The van der Waals surface area contributed by atoms with Crippen LogP contribution in [0.4, 0.5) is 0 Å². The number of nitrogens with one attached hydrogen (secondary N) is 2. The topological polar surface area (TPSA) is 51.3 Å². The molecule has 1 unspecified atom stereocenters. The Balaban J connectivity index is 1.49. The lowest BCUT2D eigenvalue weighted by atomic mass is 10.0. The molecule has 3 N–H and O–H groups in total. The molecule has 114 valence electrons. The first-order valence-electron chi connectivity index (χ1n) is 7.99. The number of piperidine rings is 1. The first-order chi connectivity index (χ1) is 10.4. The number of rotatable bonds is 6. The maximum Gasteiger partial charge on any atom is 0.0586 e. The second-order valence-corrected chi connectivity index (χ2v) is 5.90. The van der Waals surface area contributed by atoms with E-state index in [1.165, 1.54) is 29.3 Å². The molecule has 0 amide bonds. The van der Waals surface area contributed by atoms with Gasteiger partial charge in [0.25, 0.3) is 0 Å². The van der Waals surface area contributed by atoms with Gasteiger partial charge in [-0.25, -0.2) is 0 Å². The van der Waals surface area contributed by atoms with Gasteiger partial charge in [0.2, 0.25) is 0 Å². The zero-order valence-electron chi connectivity index (χ0n) is 12.5. The van der Waals surface area contributed by atoms with E-state index in [1.807, 2.05) is 6.20 Å². The lowest BCUT2D eigenvalue weighted by Gasteiger charge is -2.34. The number of H-pyrrole nitrogens is 1. The molecule has 1 saturated heterocycles. The summed E-state index contributed by atoms with van der Waals surface area (Å²) < 4.78 is 0. The monoisotopic (exact) mass is 287 g/mol. The van der Waals surface area contributed by atoms with Gasteiger partial charge in [0.15, 0.2) is 0 Å². The molecule has 1 aromatic heterocycles. The van der Waals surface area contributed by atoms with Crippen LogP contribution < -0.4 is 5.32 Å². The third-order valence-electron chi connectivity index (χ3n) is 4.54. The molecule has 1 fully saturated rings. The summed E-state index contributed by atoms with van der Waals surface area (Å²) in [6, 6.07) is 8.90. The average Bonchev–Trinajstić information content (AvgIpc) is 3.01. The number of hydrogen-bond donors (Lipinski definition) is 3. The zero-order valence-corrected chi connectivity index (χ0v) is 12.5. The fourth-order valence-electron chi connectivity index (χ4n) is 3.31. The minimum Gasteiger partial charge on any atom is -0.395 e. The van der Waals surface area contributed by atoms with Gasteiger partial charge >= 0.3 is 0 Å². The van der Waals surface area contributed by atoms with Crippen molar-refractivity contribution >= 4 is 10.9 Å². The Morgan fingerprint density at radius 2 is 2.24 bits per heavy atom. The Morgan fingerprint density at radius 3 is 3.14 bits per heavy atom. The Kier molecular flexibility index (Phi) is 4.91. The van der Waals surface area contributed by atoms with Crippen molar-refractivity contribution in [3.8, 4) is 0 Å². The van der Waals surface area contributed by atoms with E-state index in [0.29, 0.717) is 12.6 Å². The van der Waals surface area contributed by atoms with Crippen LogP contribution in [0.1, 0.15) is 24.8 Å². The van der Waals surface area contributed by atoms with Gasteiger partial charge in [-0.05, 0) is 37.1 Å². The van der Waals surface area contributed by atoms with Crippen molar-refractivity contribution in [2.45, 2.75) is 31.8 Å². The molecule has 1 aliphatic heterocycles. The zero-order chi connectivity index (χ0) is 14.5. The molecule has 4 nitrogen and oxygen atoms in total. The molecule has 0 saturated carbocycles. The van der Waals surface area contributed by atoms with Gasteiger partial charge in [-0.2, -0.15) is 0 Å². The highest BCUT2D eigenvalue weighted by atomic mass is 16.3. The summed E-state index contributed by atoms with van der Waals surface area (Å²) in [7, 11) is 0. The fraction of sp³-hybridized carbons (Fsp3) is 0.529. The van der Waals surface area contributed by atoms with Crippen molar-refractivity contribution in [3.63, 3.8) is 0 Å². The fourth-order valence-corrected chi connectivity index (χ4v) is 3.31. The van der Waals surface area contributed by atoms with Gasteiger partial charge in [-0.3, -0.25) is 4.90 Å². The Bertz CT molecular complexity index is 566. The van der Waals surface area contributed by atoms with Gasteiger partial charge in [0, 0.05) is 42.8 Å². The van der Waals surface area contributed by atoms with E-state index >= 15 is 0 Å². The number of benzene rings is 1. The second-order valence-electron chi connectivity index (χ2n) is 5.90. The summed E-state index contributed by atoms with van der Waals surface area (Å²) in [6.45, 7) is 4.31. The predicted molar refractivity (Wildman–Crippen MR) is 86.3 cm³/mol. The van der Waals surface area contributed by atoms with E-state index in [-0.39, 0.29) is 0 Å². The summed E-state index contributed by atoms with van der Waals surface area (Å²) in [5.41, 5.74) is 2.54. The molecular formula is C17H25N3O. The number of hydrogen-bond acceptors (Lipinski definition) is 3. The molecule has 2 aromatic rings. The first-order valence-corrected chi connectivity index (χ1v) is 7.99. The highest BCUT2D eigenvalue weighted by molar-refractivity contribution is 5.82. The Morgan fingerprint density at radius 1 is 1.29 bits per heavy atom. The quantitative estimate of drug-likeness (QED) is 0.713. The van der Waals surface area contributed by atoms with E-state index < -0.39 is 0 Å². The van der Waals surface area contributed by atoms with E-state index in [4.69, 9.17) is 0 Å². The molecule has 0 aliphatic carbocycles. The summed E-state index contributed by atoms with van der Waals surface area (Å²) in [6.07, 6.45) is 5.65. The smallest absolute Gasteiger partial charge is 0.0586 e. The van der Waals surface area contributed by atoms with Crippen molar-refractivity contribution in [2.75, 3.05) is 26.2 Å². The molecule has 1 aromatic carbocycles. The van der Waals surface area contributed by atoms with Crippen LogP contribution in [0, 0.1) is 0 Å². The molecule has 2 heterocycles. The summed E-state index contributed by atoms with van der Waals surface area (Å²) in [5.74, 6) is 0. The Labute approximate surface area is 126 Å². The van der Waals surface area contributed by atoms with Crippen LogP contribution >= 0.6 is 0 Å². The second kappa shape index (κ2) is 7.07. The molecule has 0 bridgehead atoms. The van der Waals surface area contributed by atoms with Crippen LogP contribution in [-0.2, 0) is 6.54 Å². The molecule has 1 atom stereocenters. The Hall–Kier alpha value is -1.36. The van der Waals surface area contributed by atoms with Crippen molar-refractivity contribution < 1.29 is 5.11 Å². The van der Waals surface area contributed by atoms with Gasteiger partial charge in [0.05, 0.1) is 6.61 Å². The van der Waals surface area contributed by atoms with E-state index in [1.54, 1.807) is 0 Å². The minimum absolute atomic E-state index is 0.294. The van der Waals surface area contributed by atoms with Crippen LogP contribution in [-0.4, -0.2) is 47.3 Å². The van der Waals surface area contributed by atoms with Gasteiger partial charge < -0.3 is 15.4 Å². The number of aliphatic hydroxyl groups excluding tert-OH is 1. The van der Waals surface area contributed by atoms with Crippen molar-refractivity contribution in [2.24, 2.45) is 0 Å². The lowest BCUT2D eigenvalue weighted by Crippen LogP contribution is -2.44. The maximum atomic E-state index is 9.43. The SMILES string of the molecule is OCC1CCCCN1CCNCc1cccc2[nH]ccc12. The third-order valence-corrected chi connectivity index (χ3v) is 4.54. The number of aromatic amines is 1. The van der Waals surface area contributed by atoms with Gasteiger partial charge in [-0.1, -0.05) is 18.6 Å². The van der Waals surface area contributed by atoms with Gasteiger partial charge in [0.1, 0.15) is 0 Å². The van der Waals surface area contributed by atoms with E-state index in [0.717, 1.165) is 32.6 Å². The van der Waals surface area contributed by atoms with Crippen LogP contribution in [0.2, 0.25) is 0 Å². The molecule has 21 heavy (non-hydrogen) atoms. The number of aliphatic hydroxyl groups is 1. The molecule has 0 radical (unpaired) electrons.